The molecule has 18 heavy (non-hydrogen) atoms. The normalized spacial score (nSPS) is 12.6. The lowest BCUT2D eigenvalue weighted by Crippen LogP contribution is -2.22. The molecule has 0 aliphatic rings. The molecule has 0 aliphatic carbocycles. The average molecular weight is 328 g/mol. The Morgan fingerprint density at radius 1 is 1.39 bits per heavy atom. The zero-order chi connectivity index (χ0) is 13.0. The van der Waals surface area contributed by atoms with Gasteiger partial charge in [0.05, 0.1) is 0 Å². The lowest BCUT2D eigenvalue weighted by atomic mass is 10.0. The molecule has 1 unspecified atom stereocenters. The van der Waals surface area contributed by atoms with Crippen LogP contribution in [0.4, 0.5) is 4.39 Å². The Hall–Kier alpha value is -0.710. The van der Waals surface area contributed by atoms with Gasteiger partial charge in [-0.25, -0.2) is 4.39 Å². The molecule has 0 bridgehead atoms. The third-order valence-corrected chi connectivity index (χ3v) is 4.57. The minimum atomic E-state index is -0.129. The van der Waals surface area contributed by atoms with E-state index in [-0.39, 0.29) is 11.9 Å². The van der Waals surface area contributed by atoms with Crippen LogP contribution in [0.15, 0.2) is 40.2 Å². The SMILES string of the molecule is CCNC(Cc1ccccc1F)c1cc(Br)cs1. The number of hydrogen-bond donors (Lipinski definition) is 1. The van der Waals surface area contributed by atoms with Crippen molar-refractivity contribution in [3.05, 3.63) is 56.4 Å². The van der Waals surface area contributed by atoms with E-state index >= 15 is 0 Å². The number of rotatable bonds is 5. The van der Waals surface area contributed by atoms with E-state index in [0.717, 1.165) is 16.6 Å². The van der Waals surface area contributed by atoms with Crippen LogP contribution >= 0.6 is 27.3 Å². The summed E-state index contributed by atoms with van der Waals surface area (Å²) >= 11 is 5.15. The highest BCUT2D eigenvalue weighted by Crippen LogP contribution is 2.28. The minimum absolute atomic E-state index is 0.129. The second-order valence-electron chi connectivity index (χ2n) is 4.07. The van der Waals surface area contributed by atoms with Gasteiger partial charge in [-0.15, -0.1) is 11.3 Å². The summed E-state index contributed by atoms with van der Waals surface area (Å²) in [5.41, 5.74) is 0.757. The van der Waals surface area contributed by atoms with Crippen LogP contribution in [0.2, 0.25) is 0 Å². The van der Waals surface area contributed by atoms with Crippen LogP contribution in [-0.4, -0.2) is 6.54 Å². The van der Waals surface area contributed by atoms with E-state index in [1.807, 2.05) is 12.1 Å². The number of hydrogen-bond acceptors (Lipinski definition) is 2. The van der Waals surface area contributed by atoms with E-state index in [0.29, 0.717) is 6.42 Å². The fourth-order valence-electron chi connectivity index (χ4n) is 1.91. The predicted molar refractivity (Wildman–Crippen MR) is 78.5 cm³/mol. The highest BCUT2D eigenvalue weighted by Gasteiger charge is 2.15. The molecule has 0 saturated carbocycles. The summed E-state index contributed by atoms with van der Waals surface area (Å²) in [4.78, 5) is 1.23. The summed E-state index contributed by atoms with van der Waals surface area (Å²) in [5.74, 6) is -0.129. The van der Waals surface area contributed by atoms with Crippen molar-refractivity contribution >= 4 is 27.3 Å². The van der Waals surface area contributed by atoms with Crippen LogP contribution in [0.3, 0.4) is 0 Å². The van der Waals surface area contributed by atoms with Crippen LogP contribution in [0, 0.1) is 5.82 Å². The Bertz CT molecular complexity index is 512. The molecule has 0 radical (unpaired) electrons. The molecule has 2 aromatic rings. The van der Waals surface area contributed by atoms with E-state index in [1.165, 1.54) is 10.9 Å². The van der Waals surface area contributed by atoms with E-state index in [4.69, 9.17) is 0 Å². The third-order valence-electron chi connectivity index (χ3n) is 2.76. The van der Waals surface area contributed by atoms with E-state index in [9.17, 15) is 4.39 Å². The lowest BCUT2D eigenvalue weighted by Gasteiger charge is -2.16. The maximum absolute atomic E-state index is 13.7. The number of likely N-dealkylation sites (N-methyl/N-ethyl adjacent to an activating group) is 1. The van der Waals surface area contributed by atoms with Crippen molar-refractivity contribution < 1.29 is 4.39 Å². The fraction of sp³-hybridized carbons (Fsp3) is 0.286. The van der Waals surface area contributed by atoms with Gasteiger partial charge in [-0.1, -0.05) is 25.1 Å². The van der Waals surface area contributed by atoms with E-state index < -0.39 is 0 Å². The number of halogens is 2. The van der Waals surface area contributed by atoms with Gasteiger partial charge in [0.1, 0.15) is 5.82 Å². The third kappa shape index (κ3) is 3.40. The zero-order valence-electron chi connectivity index (χ0n) is 10.1. The average Bonchev–Trinajstić information content (AvgIpc) is 2.78. The monoisotopic (exact) mass is 327 g/mol. The number of thiophene rings is 1. The van der Waals surface area contributed by atoms with Crippen LogP contribution in [0.25, 0.3) is 0 Å². The number of nitrogens with one attached hydrogen (secondary N) is 1. The highest BCUT2D eigenvalue weighted by molar-refractivity contribution is 9.10. The predicted octanol–water partition coefficient (Wildman–Crippen LogP) is 4.54. The van der Waals surface area contributed by atoms with Crippen molar-refractivity contribution in [1.29, 1.82) is 0 Å². The Labute approximate surface area is 119 Å². The first kappa shape index (κ1) is 13.7. The number of benzene rings is 1. The summed E-state index contributed by atoms with van der Waals surface area (Å²) in [5, 5.41) is 5.47. The van der Waals surface area contributed by atoms with Crippen molar-refractivity contribution in [3.8, 4) is 0 Å². The zero-order valence-corrected chi connectivity index (χ0v) is 12.5. The Morgan fingerprint density at radius 3 is 2.78 bits per heavy atom. The Morgan fingerprint density at radius 2 is 2.17 bits per heavy atom. The lowest BCUT2D eigenvalue weighted by molar-refractivity contribution is 0.534. The molecule has 0 aliphatic heterocycles. The second kappa shape index (κ2) is 6.45. The van der Waals surface area contributed by atoms with Crippen LogP contribution in [0.1, 0.15) is 23.4 Å². The van der Waals surface area contributed by atoms with Gasteiger partial charge in [-0.3, -0.25) is 0 Å². The fourth-order valence-corrected chi connectivity index (χ4v) is 3.44. The molecule has 1 heterocycles. The van der Waals surface area contributed by atoms with Crippen LogP contribution in [0.5, 0.6) is 0 Å². The summed E-state index contributed by atoms with van der Waals surface area (Å²) in [6, 6.07) is 9.24. The van der Waals surface area contributed by atoms with Gasteiger partial charge in [-0.2, -0.15) is 0 Å². The minimum Gasteiger partial charge on any atom is -0.309 e. The quantitative estimate of drug-likeness (QED) is 0.849. The molecule has 0 saturated heterocycles. The maximum Gasteiger partial charge on any atom is 0.126 e. The van der Waals surface area contributed by atoms with E-state index in [2.05, 4.69) is 39.6 Å². The van der Waals surface area contributed by atoms with Gasteiger partial charge >= 0.3 is 0 Å². The van der Waals surface area contributed by atoms with Crippen molar-refractivity contribution in [3.63, 3.8) is 0 Å². The molecule has 1 aromatic heterocycles. The topological polar surface area (TPSA) is 12.0 Å². The van der Waals surface area contributed by atoms with Crippen molar-refractivity contribution in [2.45, 2.75) is 19.4 Å². The molecular weight excluding hydrogens is 313 g/mol. The van der Waals surface area contributed by atoms with Gasteiger partial charge in [0, 0.05) is 20.8 Å². The molecular formula is C14H15BrFNS. The van der Waals surface area contributed by atoms with Gasteiger partial charge in [0.2, 0.25) is 0 Å². The van der Waals surface area contributed by atoms with Gasteiger partial charge in [0.25, 0.3) is 0 Å². The molecule has 1 aromatic carbocycles. The van der Waals surface area contributed by atoms with Gasteiger partial charge in [0.15, 0.2) is 0 Å². The van der Waals surface area contributed by atoms with E-state index in [1.54, 1.807) is 17.4 Å². The molecule has 1 N–H and O–H groups in total. The highest BCUT2D eigenvalue weighted by atomic mass is 79.9. The first-order valence-electron chi connectivity index (χ1n) is 5.91. The molecule has 1 atom stereocenters. The summed E-state index contributed by atoms with van der Waals surface area (Å²) < 4.78 is 14.8. The van der Waals surface area contributed by atoms with Crippen LogP contribution < -0.4 is 5.32 Å². The molecule has 96 valence electrons. The standard InChI is InChI=1S/C14H15BrFNS/c1-2-17-13(14-8-11(15)9-18-14)7-10-5-3-4-6-12(10)16/h3-6,8-9,13,17H,2,7H2,1H3. The van der Waals surface area contributed by atoms with Gasteiger partial charge < -0.3 is 5.32 Å². The van der Waals surface area contributed by atoms with Crippen molar-refractivity contribution in [1.82, 2.24) is 5.32 Å². The first-order chi connectivity index (χ1) is 8.70. The summed E-state index contributed by atoms with van der Waals surface area (Å²) in [6.07, 6.45) is 0.674. The maximum atomic E-state index is 13.7. The van der Waals surface area contributed by atoms with Crippen molar-refractivity contribution in [2.24, 2.45) is 0 Å². The summed E-state index contributed by atoms with van der Waals surface area (Å²) in [6.45, 7) is 2.94. The smallest absolute Gasteiger partial charge is 0.126 e. The van der Waals surface area contributed by atoms with Crippen LogP contribution in [-0.2, 0) is 6.42 Å². The molecule has 0 fully saturated rings. The Balaban J connectivity index is 2.19. The second-order valence-corrected chi connectivity index (χ2v) is 5.93. The molecule has 2 rings (SSSR count). The molecule has 0 spiro atoms. The van der Waals surface area contributed by atoms with Gasteiger partial charge in [-0.05, 0) is 46.6 Å². The molecule has 1 nitrogen and oxygen atoms in total. The Kier molecular flexibility index (Phi) is 4.92. The molecule has 0 amide bonds. The van der Waals surface area contributed by atoms with Crippen molar-refractivity contribution in [2.75, 3.05) is 6.54 Å². The first-order valence-corrected chi connectivity index (χ1v) is 7.58. The summed E-state index contributed by atoms with van der Waals surface area (Å²) in [7, 11) is 0. The molecule has 4 heteroatoms. The largest absolute Gasteiger partial charge is 0.309 e.